The van der Waals surface area contributed by atoms with Crippen LogP contribution in [0, 0.1) is 0 Å². The minimum atomic E-state index is -0.764. The molecule has 0 unspecified atom stereocenters. The van der Waals surface area contributed by atoms with Crippen molar-refractivity contribution in [3.8, 4) is 0 Å². The van der Waals surface area contributed by atoms with E-state index >= 15 is 0 Å². The number of rotatable bonds is 3. The predicted octanol–water partition coefficient (Wildman–Crippen LogP) is 0.803. The first-order valence-corrected chi connectivity index (χ1v) is 4.33. The van der Waals surface area contributed by atoms with E-state index in [1.807, 2.05) is 0 Å². The third-order valence-electron chi connectivity index (χ3n) is 1.55. The molecule has 1 aromatic heterocycles. The van der Waals surface area contributed by atoms with Gasteiger partial charge in [-0.15, -0.1) is 0 Å². The fourth-order valence-corrected chi connectivity index (χ4v) is 0.989. The lowest BCUT2D eigenvalue weighted by atomic mass is 10.5. The Kier molecular flexibility index (Phi) is 3.61. The smallest absolute Gasteiger partial charge is 0.423 e. The summed E-state index contributed by atoms with van der Waals surface area (Å²) >= 11 is 0. The number of hydrogen-bond donors (Lipinski definition) is 1. The summed E-state index contributed by atoms with van der Waals surface area (Å²) in [5.74, 6) is 0.267. The molecule has 1 N–H and O–H groups in total. The lowest BCUT2D eigenvalue weighted by Gasteiger charge is -2.08. The van der Waals surface area contributed by atoms with Gasteiger partial charge in [-0.1, -0.05) is 6.58 Å². The molecule has 80 valence electrons. The average Bonchev–Trinajstić information content (AvgIpc) is 2.18. The molecule has 0 radical (unpaired) electrons. The third kappa shape index (κ3) is 2.43. The monoisotopic (exact) mass is 209 g/mol. The number of carbonyl (C=O) groups is 1. The molecule has 0 aliphatic carbocycles. The maximum atomic E-state index is 11.4. The molecule has 0 amide bonds. The van der Waals surface area contributed by atoms with Gasteiger partial charge >= 0.3 is 11.8 Å². The zero-order valence-corrected chi connectivity index (χ0v) is 8.27. The van der Waals surface area contributed by atoms with Crippen LogP contribution in [0.1, 0.15) is 6.92 Å². The highest BCUT2D eigenvalue weighted by Crippen LogP contribution is 2.03. The Hall–Kier alpha value is -2.11. The second kappa shape index (κ2) is 4.94. The highest BCUT2D eigenvalue weighted by Gasteiger charge is 2.12. The molecule has 1 aromatic rings. The quantitative estimate of drug-likeness (QED) is 0.797. The van der Waals surface area contributed by atoms with Gasteiger partial charge < -0.3 is 10.1 Å². The van der Waals surface area contributed by atoms with Crippen molar-refractivity contribution in [3.05, 3.63) is 35.5 Å². The van der Waals surface area contributed by atoms with Crippen molar-refractivity contribution in [3.63, 3.8) is 0 Å². The predicted molar refractivity (Wildman–Crippen MR) is 54.7 cm³/mol. The average molecular weight is 209 g/mol. The minimum absolute atomic E-state index is 0.188. The van der Waals surface area contributed by atoms with Crippen LogP contribution in [0.15, 0.2) is 29.8 Å². The van der Waals surface area contributed by atoms with Crippen molar-refractivity contribution in [1.82, 2.24) is 9.55 Å². The molecule has 0 aromatic carbocycles. The fourth-order valence-electron chi connectivity index (χ4n) is 0.989. The van der Waals surface area contributed by atoms with Gasteiger partial charge in [0.1, 0.15) is 5.82 Å². The summed E-state index contributed by atoms with van der Waals surface area (Å²) in [7, 11) is 0. The first-order chi connectivity index (χ1) is 7.20. The van der Waals surface area contributed by atoms with Crippen LogP contribution in [-0.2, 0) is 4.74 Å². The van der Waals surface area contributed by atoms with Gasteiger partial charge in [0, 0.05) is 6.20 Å². The van der Waals surface area contributed by atoms with E-state index in [0.29, 0.717) is 0 Å². The highest BCUT2D eigenvalue weighted by molar-refractivity contribution is 5.74. The molecule has 0 aliphatic rings. The first kappa shape index (κ1) is 11.0. The molecule has 0 fully saturated rings. The summed E-state index contributed by atoms with van der Waals surface area (Å²) in [6.45, 7) is 5.27. The van der Waals surface area contributed by atoms with E-state index in [2.05, 4.69) is 16.9 Å². The number of nitrogens with one attached hydrogen (secondary N) is 1. The standard InChI is InChI=1S/C9H11N3O3/c1-3-10-7-5-6-11-8(13)12(7)9(14)15-4-2/h3,5-6,10H,1,4H2,2H3. The van der Waals surface area contributed by atoms with Crippen molar-refractivity contribution < 1.29 is 9.53 Å². The van der Waals surface area contributed by atoms with E-state index in [9.17, 15) is 9.59 Å². The molecule has 0 saturated heterocycles. The lowest BCUT2D eigenvalue weighted by molar-refractivity contribution is 0.153. The van der Waals surface area contributed by atoms with Crippen molar-refractivity contribution in [1.29, 1.82) is 0 Å². The maximum absolute atomic E-state index is 11.4. The summed E-state index contributed by atoms with van der Waals surface area (Å²) in [6, 6.07) is 1.47. The van der Waals surface area contributed by atoms with Crippen molar-refractivity contribution in [2.75, 3.05) is 11.9 Å². The number of ether oxygens (including phenoxy) is 1. The number of carbonyl (C=O) groups excluding carboxylic acids is 1. The number of nitrogens with zero attached hydrogens (tertiary/aromatic N) is 2. The van der Waals surface area contributed by atoms with Crippen LogP contribution in [-0.4, -0.2) is 22.3 Å². The van der Waals surface area contributed by atoms with Crippen molar-refractivity contribution >= 4 is 11.9 Å². The summed E-state index contributed by atoms with van der Waals surface area (Å²) < 4.78 is 5.50. The zero-order chi connectivity index (χ0) is 11.3. The molecule has 1 rings (SSSR count). The largest absolute Gasteiger partial charge is 0.449 e. The second-order valence-corrected chi connectivity index (χ2v) is 2.50. The molecule has 0 spiro atoms. The molecule has 6 nitrogen and oxygen atoms in total. The van der Waals surface area contributed by atoms with E-state index in [-0.39, 0.29) is 12.4 Å². The SMILES string of the molecule is C=CNc1ccnc(=O)n1C(=O)OCC. The Morgan fingerprint density at radius 3 is 3.13 bits per heavy atom. The minimum Gasteiger partial charge on any atom is -0.449 e. The molecule has 1 heterocycles. The van der Waals surface area contributed by atoms with E-state index in [0.717, 1.165) is 4.57 Å². The molecule has 15 heavy (non-hydrogen) atoms. The van der Waals surface area contributed by atoms with E-state index in [1.165, 1.54) is 18.5 Å². The van der Waals surface area contributed by atoms with E-state index in [1.54, 1.807) is 6.92 Å². The summed E-state index contributed by atoms with van der Waals surface area (Å²) in [4.78, 5) is 26.2. The molecular formula is C9H11N3O3. The zero-order valence-electron chi connectivity index (χ0n) is 8.27. The number of hydrogen-bond acceptors (Lipinski definition) is 5. The Morgan fingerprint density at radius 1 is 1.80 bits per heavy atom. The second-order valence-electron chi connectivity index (χ2n) is 2.50. The van der Waals surface area contributed by atoms with Gasteiger partial charge in [-0.25, -0.2) is 14.6 Å². The van der Waals surface area contributed by atoms with Crippen LogP contribution in [0.3, 0.4) is 0 Å². The summed E-state index contributed by atoms with van der Waals surface area (Å²) in [6.07, 6.45) is 1.88. The molecule has 0 bridgehead atoms. The number of anilines is 1. The van der Waals surface area contributed by atoms with Crippen LogP contribution < -0.4 is 11.0 Å². The molecule has 0 atom stereocenters. The summed E-state index contributed by atoms with van der Waals surface area (Å²) in [5, 5.41) is 2.64. The normalized spacial score (nSPS) is 9.40. The Labute approximate surface area is 86.2 Å². The molecule has 0 aliphatic heterocycles. The third-order valence-corrected chi connectivity index (χ3v) is 1.55. The molecular weight excluding hydrogens is 198 g/mol. The Balaban J connectivity index is 3.17. The summed E-state index contributed by atoms with van der Waals surface area (Å²) in [5.41, 5.74) is -0.694. The van der Waals surface area contributed by atoms with Crippen LogP contribution in [0.25, 0.3) is 0 Å². The van der Waals surface area contributed by atoms with E-state index < -0.39 is 11.8 Å². The molecule has 0 saturated carbocycles. The van der Waals surface area contributed by atoms with E-state index in [4.69, 9.17) is 4.74 Å². The van der Waals surface area contributed by atoms with Crippen LogP contribution in [0.2, 0.25) is 0 Å². The number of aromatic nitrogens is 2. The van der Waals surface area contributed by atoms with Crippen molar-refractivity contribution in [2.24, 2.45) is 0 Å². The van der Waals surface area contributed by atoms with Gasteiger partial charge in [-0.3, -0.25) is 0 Å². The van der Waals surface area contributed by atoms with Gasteiger partial charge in [-0.05, 0) is 19.2 Å². The van der Waals surface area contributed by atoms with Gasteiger partial charge in [0.05, 0.1) is 6.61 Å². The van der Waals surface area contributed by atoms with Crippen molar-refractivity contribution in [2.45, 2.75) is 6.92 Å². The molecule has 6 heteroatoms. The first-order valence-electron chi connectivity index (χ1n) is 4.33. The van der Waals surface area contributed by atoms with Gasteiger partial charge in [0.2, 0.25) is 0 Å². The van der Waals surface area contributed by atoms with Gasteiger partial charge in [0.15, 0.2) is 0 Å². The maximum Gasteiger partial charge on any atom is 0.423 e. The van der Waals surface area contributed by atoms with Gasteiger partial charge in [0.25, 0.3) is 0 Å². The van der Waals surface area contributed by atoms with Gasteiger partial charge in [-0.2, -0.15) is 4.57 Å². The topological polar surface area (TPSA) is 73.2 Å². The van der Waals surface area contributed by atoms with Crippen LogP contribution in [0.4, 0.5) is 10.6 Å². The lowest BCUT2D eigenvalue weighted by Crippen LogP contribution is -2.31. The van der Waals surface area contributed by atoms with Crippen LogP contribution >= 0.6 is 0 Å². The highest BCUT2D eigenvalue weighted by atomic mass is 16.5. The van der Waals surface area contributed by atoms with Crippen LogP contribution in [0.5, 0.6) is 0 Å². The Bertz CT molecular complexity index is 425. The Morgan fingerprint density at radius 2 is 2.53 bits per heavy atom. The fraction of sp³-hybridized carbons (Fsp3) is 0.222.